The van der Waals surface area contributed by atoms with E-state index in [0.29, 0.717) is 12.8 Å². The fourth-order valence-electron chi connectivity index (χ4n) is 0.579. The summed E-state index contributed by atoms with van der Waals surface area (Å²) in [5, 5.41) is 12.8. The zero-order valence-corrected chi connectivity index (χ0v) is 6.80. The predicted octanol–water partition coefficient (Wildman–Crippen LogP) is -0.470. The number of sulfonamides is 1. The van der Waals surface area contributed by atoms with Crippen molar-refractivity contribution in [3.05, 3.63) is 0 Å². The minimum Gasteiger partial charge on any atom is -0.481 e. The van der Waals surface area contributed by atoms with Crippen LogP contribution < -0.4 is 5.14 Å². The Morgan fingerprint density at radius 1 is 1.36 bits per heavy atom. The van der Waals surface area contributed by atoms with Crippen LogP contribution in [0, 0.1) is 0 Å². The number of primary sulfonamides is 1. The lowest BCUT2D eigenvalue weighted by molar-refractivity contribution is -0.137. The summed E-state index contributed by atoms with van der Waals surface area (Å²) < 4.78 is 20.6. The van der Waals surface area contributed by atoms with Gasteiger partial charge in [0, 0.05) is 6.42 Å². The van der Waals surface area contributed by atoms with Crippen molar-refractivity contribution >= 4 is 16.0 Å². The third-order valence-electron chi connectivity index (χ3n) is 1.07. The number of nitrogens with two attached hydrogens (primary N) is 1. The van der Waals surface area contributed by atoms with Gasteiger partial charge in [0.2, 0.25) is 10.0 Å². The van der Waals surface area contributed by atoms with Crippen molar-refractivity contribution in [2.45, 2.75) is 19.3 Å². The molecule has 0 aromatic carbocycles. The Balaban J connectivity index is 3.37. The molecule has 0 fully saturated rings. The number of aliphatic carboxylic acids is 1. The smallest absolute Gasteiger partial charge is 0.303 e. The summed E-state index contributed by atoms with van der Waals surface area (Å²) >= 11 is 0. The van der Waals surface area contributed by atoms with Gasteiger partial charge in [-0.15, -0.1) is 0 Å². The van der Waals surface area contributed by atoms with E-state index in [2.05, 4.69) is 5.14 Å². The maximum absolute atomic E-state index is 10.3. The first kappa shape index (κ1) is 10.4. The molecular weight excluding hydrogens is 170 g/mol. The van der Waals surface area contributed by atoms with Crippen LogP contribution in [0.1, 0.15) is 19.3 Å². The van der Waals surface area contributed by atoms with E-state index in [4.69, 9.17) is 5.11 Å². The van der Waals surface area contributed by atoms with Crippen LogP contribution in [0.3, 0.4) is 0 Å². The first-order valence-electron chi connectivity index (χ1n) is 3.14. The molecule has 0 radical (unpaired) electrons. The standard InChI is InChI=1S/C5H11NO4S/c6-11(9,10)4-2-1-3-5(7)8/h1-4H2,(H,7,8)(H2,6,9,10). The Labute approximate surface area is 65.3 Å². The fourth-order valence-corrected chi connectivity index (χ4v) is 1.19. The SMILES string of the molecule is NS(=O)(=O)CCCCC(=O)O. The van der Waals surface area contributed by atoms with Crippen LogP contribution in [-0.4, -0.2) is 25.2 Å². The lowest BCUT2D eigenvalue weighted by atomic mass is 10.3. The van der Waals surface area contributed by atoms with Crippen LogP contribution >= 0.6 is 0 Å². The molecule has 0 aliphatic rings. The molecule has 0 spiro atoms. The molecule has 0 saturated heterocycles. The van der Waals surface area contributed by atoms with Gasteiger partial charge in [0.15, 0.2) is 0 Å². The van der Waals surface area contributed by atoms with Crippen molar-refractivity contribution < 1.29 is 18.3 Å². The predicted molar refractivity (Wildman–Crippen MR) is 39.5 cm³/mol. The minimum absolute atomic E-state index is 0.00444. The maximum atomic E-state index is 10.3. The summed E-state index contributed by atoms with van der Waals surface area (Å²) in [4.78, 5) is 9.94. The average molecular weight is 181 g/mol. The zero-order chi connectivity index (χ0) is 8.91. The molecule has 66 valence electrons. The Bertz CT molecular complexity index is 221. The van der Waals surface area contributed by atoms with E-state index in [1.165, 1.54) is 0 Å². The molecule has 3 N–H and O–H groups in total. The van der Waals surface area contributed by atoms with E-state index < -0.39 is 16.0 Å². The van der Waals surface area contributed by atoms with Gasteiger partial charge >= 0.3 is 5.97 Å². The van der Waals surface area contributed by atoms with E-state index in [1.807, 2.05) is 0 Å². The van der Waals surface area contributed by atoms with Gasteiger partial charge in [-0.05, 0) is 12.8 Å². The van der Waals surface area contributed by atoms with Gasteiger partial charge < -0.3 is 5.11 Å². The lowest BCUT2D eigenvalue weighted by Crippen LogP contribution is -2.16. The van der Waals surface area contributed by atoms with Crippen molar-refractivity contribution in [2.24, 2.45) is 5.14 Å². The monoisotopic (exact) mass is 181 g/mol. The van der Waals surface area contributed by atoms with E-state index >= 15 is 0 Å². The number of carboxylic acid groups (broad SMARTS) is 1. The highest BCUT2D eigenvalue weighted by molar-refractivity contribution is 7.89. The highest BCUT2D eigenvalue weighted by Gasteiger charge is 2.02. The zero-order valence-electron chi connectivity index (χ0n) is 5.99. The number of carbonyl (C=O) groups is 1. The van der Waals surface area contributed by atoms with Gasteiger partial charge in [-0.3, -0.25) is 4.79 Å². The second-order valence-electron chi connectivity index (χ2n) is 2.22. The van der Waals surface area contributed by atoms with Crippen LogP contribution in [-0.2, 0) is 14.8 Å². The highest BCUT2D eigenvalue weighted by atomic mass is 32.2. The average Bonchev–Trinajstić information content (AvgIpc) is 1.78. The summed E-state index contributed by atoms with van der Waals surface area (Å²) in [5.74, 6) is -1.06. The van der Waals surface area contributed by atoms with Crippen molar-refractivity contribution in [3.8, 4) is 0 Å². The first-order chi connectivity index (χ1) is 4.92. The molecule has 0 aromatic rings. The summed E-state index contributed by atoms with van der Waals surface area (Å²) in [6.07, 6.45) is 0.659. The maximum Gasteiger partial charge on any atom is 0.303 e. The first-order valence-corrected chi connectivity index (χ1v) is 4.85. The Morgan fingerprint density at radius 3 is 2.27 bits per heavy atom. The van der Waals surface area contributed by atoms with Crippen molar-refractivity contribution in [1.82, 2.24) is 0 Å². The van der Waals surface area contributed by atoms with Crippen LogP contribution in [0.5, 0.6) is 0 Å². The number of hydrogen-bond donors (Lipinski definition) is 2. The molecular formula is C5H11NO4S. The second kappa shape index (κ2) is 4.30. The van der Waals surface area contributed by atoms with E-state index in [9.17, 15) is 13.2 Å². The largest absolute Gasteiger partial charge is 0.481 e. The van der Waals surface area contributed by atoms with Crippen LogP contribution in [0.2, 0.25) is 0 Å². The Hall–Kier alpha value is -0.620. The third kappa shape index (κ3) is 9.38. The van der Waals surface area contributed by atoms with E-state index in [1.54, 1.807) is 0 Å². The van der Waals surface area contributed by atoms with Crippen molar-refractivity contribution in [1.29, 1.82) is 0 Å². The molecule has 0 aromatic heterocycles. The van der Waals surface area contributed by atoms with Crippen molar-refractivity contribution in [2.75, 3.05) is 5.75 Å². The molecule has 6 heteroatoms. The van der Waals surface area contributed by atoms with E-state index in [-0.39, 0.29) is 12.2 Å². The highest BCUT2D eigenvalue weighted by Crippen LogP contribution is 1.96. The molecule has 0 atom stereocenters. The number of rotatable bonds is 5. The molecule has 0 aliphatic heterocycles. The molecule has 0 bridgehead atoms. The topological polar surface area (TPSA) is 97.5 Å². The fraction of sp³-hybridized carbons (Fsp3) is 0.800. The van der Waals surface area contributed by atoms with Crippen LogP contribution in [0.25, 0.3) is 0 Å². The van der Waals surface area contributed by atoms with Gasteiger partial charge in [0.25, 0.3) is 0 Å². The summed E-state index contributed by atoms with van der Waals surface area (Å²) in [6.45, 7) is 0. The Kier molecular flexibility index (Phi) is 4.06. The molecule has 5 nitrogen and oxygen atoms in total. The molecule has 0 aliphatic carbocycles. The quantitative estimate of drug-likeness (QED) is 0.560. The lowest BCUT2D eigenvalue weighted by Gasteiger charge is -1.95. The summed E-state index contributed by atoms with van der Waals surface area (Å²) in [5.41, 5.74) is 0. The van der Waals surface area contributed by atoms with Gasteiger partial charge in [-0.25, -0.2) is 13.6 Å². The summed E-state index contributed by atoms with van der Waals surface area (Å²) in [6, 6.07) is 0. The molecule has 0 rings (SSSR count). The number of hydrogen-bond acceptors (Lipinski definition) is 3. The van der Waals surface area contributed by atoms with Gasteiger partial charge in [-0.1, -0.05) is 0 Å². The van der Waals surface area contributed by atoms with Crippen molar-refractivity contribution in [3.63, 3.8) is 0 Å². The normalized spacial score (nSPS) is 11.4. The number of unbranched alkanes of at least 4 members (excludes halogenated alkanes) is 1. The van der Waals surface area contributed by atoms with Crippen LogP contribution in [0.15, 0.2) is 0 Å². The van der Waals surface area contributed by atoms with Gasteiger partial charge in [-0.2, -0.15) is 0 Å². The van der Waals surface area contributed by atoms with E-state index in [0.717, 1.165) is 0 Å². The number of carboxylic acids is 1. The summed E-state index contributed by atoms with van der Waals surface area (Å²) in [7, 11) is -3.41. The van der Waals surface area contributed by atoms with Crippen LogP contribution in [0.4, 0.5) is 0 Å². The van der Waals surface area contributed by atoms with Gasteiger partial charge in [0.1, 0.15) is 0 Å². The molecule has 0 heterocycles. The molecule has 0 unspecified atom stereocenters. The second-order valence-corrected chi connectivity index (χ2v) is 3.95. The third-order valence-corrected chi connectivity index (χ3v) is 1.93. The molecule has 0 saturated carbocycles. The van der Waals surface area contributed by atoms with Gasteiger partial charge in [0.05, 0.1) is 5.75 Å². The molecule has 0 amide bonds. The molecule has 11 heavy (non-hydrogen) atoms. The minimum atomic E-state index is -3.41. The Morgan fingerprint density at radius 2 is 1.91 bits per heavy atom.